The molecule has 0 radical (unpaired) electrons. The Balaban J connectivity index is 1.81. The van der Waals surface area contributed by atoms with Gasteiger partial charge in [0.25, 0.3) is 0 Å². The van der Waals surface area contributed by atoms with E-state index in [0.29, 0.717) is 6.61 Å². The summed E-state index contributed by atoms with van der Waals surface area (Å²) in [6.07, 6.45) is 1.77. The summed E-state index contributed by atoms with van der Waals surface area (Å²) in [7, 11) is 2.02. The second-order valence-corrected chi connectivity index (χ2v) is 6.10. The molecule has 0 unspecified atom stereocenters. The van der Waals surface area contributed by atoms with Crippen molar-refractivity contribution in [3.05, 3.63) is 72.4 Å². The molecule has 0 saturated heterocycles. The summed E-state index contributed by atoms with van der Waals surface area (Å²) in [5, 5.41) is 5.84. The van der Waals surface area contributed by atoms with E-state index < -0.39 is 0 Å². The molecule has 0 atom stereocenters. The fraction of sp³-hybridized carbons (Fsp3) is 0.286. The van der Waals surface area contributed by atoms with Crippen LogP contribution in [0.15, 0.2) is 61.2 Å². The molecule has 0 saturated carbocycles. The molecule has 1 heterocycles. The molecule has 130 valence electrons. The number of ether oxygens (including phenoxy) is 1. The number of aryl methyl sites for hydroxylation is 1. The third kappa shape index (κ3) is 3.91. The quantitative estimate of drug-likeness (QED) is 0.579. The molecule has 0 fully saturated rings. The smallest absolute Gasteiger partial charge is 0.124 e. The van der Waals surface area contributed by atoms with Crippen molar-refractivity contribution in [2.75, 3.05) is 13.2 Å². The van der Waals surface area contributed by atoms with Crippen molar-refractivity contribution in [3.63, 3.8) is 0 Å². The Labute approximate surface area is 149 Å². The van der Waals surface area contributed by atoms with E-state index in [0.717, 1.165) is 30.9 Å². The van der Waals surface area contributed by atoms with Gasteiger partial charge in [0, 0.05) is 31.1 Å². The zero-order chi connectivity index (χ0) is 17.6. The van der Waals surface area contributed by atoms with Crippen molar-refractivity contribution in [1.82, 2.24) is 14.7 Å². The van der Waals surface area contributed by atoms with Crippen molar-refractivity contribution in [2.45, 2.75) is 20.0 Å². The van der Waals surface area contributed by atoms with Crippen LogP contribution in [0.3, 0.4) is 0 Å². The molecule has 25 heavy (non-hydrogen) atoms. The zero-order valence-corrected chi connectivity index (χ0v) is 15.0. The van der Waals surface area contributed by atoms with Crippen molar-refractivity contribution < 1.29 is 4.74 Å². The number of hydrogen-bond donors (Lipinski definition) is 0. The van der Waals surface area contributed by atoms with Gasteiger partial charge in [-0.25, -0.2) is 0 Å². The summed E-state index contributed by atoms with van der Waals surface area (Å²) >= 11 is 0. The van der Waals surface area contributed by atoms with Gasteiger partial charge >= 0.3 is 0 Å². The van der Waals surface area contributed by atoms with Crippen molar-refractivity contribution in [2.24, 2.45) is 7.05 Å². The van der Waals surface area contributed by atoms with E-state index in [1.54, 1.807) is 6.08 Å². The molecular formula is C21H25N3O. The minimum atomic E-state index is 0.523. The molecule has 0 N–H and O–H groups in total. The summed E-state index contributed by atoms with van der Waals surface area (Å²) in [6.45, 7) is 9.08. The number of fused-ring (bicyclic) bond motifs is 1. The minimum Gasteiger partial charge on any atom is -0.489 e. The molecule has 1 aromatic heterocycles. The van der Waals surface area contributed by atoms with Gasteiger partial charge in [0.2, 0.25) is 0 Å². The van der Waals surface area contributed by atoms with Crippen LogP contribution in [0.2, 0.25) is 0 Å². The van der Waals surface area contributed by atoms with Crippen LogP contribution >= 0.6 is 0 Å². The fourth-order valence-electron chi connectivity index (χ4n) is 3.04. The van der Waals surface area contributed by atoms with Crippen molar-refractivity contribution >= 4 is 10.9 Å². The number of nitrogens with zero attached hydrogens (tertiary/aromatic N) is 3. The molecule has 4 nitrogen and oxygen atoms in total. The van der Waals surface area contributed by atoms with Gasteiger partial charge in [0.15, 0.2) is 0 Å². The predicted molar refractivity (Wildman–Crippen MR) is 103 cm³/mol. The molecule has 0 spiro atoms. The molecule has 4 heteroatoms. The van der Waals surface area contributed by atoms with E-state index in [-0.39, 0.29) is 0 Å². The first-order chi connectivity index (χ1) is 12.2. The fourth-order valence-corrected chi connectivity index (χ4v) is 3.04. The molecular weight excluding hydrogens is 310 g/mol. The first-order valence-electron chi connectivity index (χ1n) is 8.67. The summed E-state index contributed by atoms with van der Waals surface area (Å²) < 4.78 is 7.79. The predicted octanol–water partition coefficient (Wildman–Crippen LogP) is 4.16. The summed E-state index contributed by atoms with van der Waals surface area (Å²) in [5.41, 5.74) is 3.48. The van der Waals surface area contributed by atoms with E-state index in [1.807, 2.05) is 29.9 Å². The third-order valence-electron chi connectivity index (χ3n) is 4.41. The normalized spacial score (nSPS) is 11.2. The minimum absolute atomic E-state index is 0.523. The van der Waals surface area contributed by atoms with Crippen LogP contribution in [0.25, 0.3) is 10.9 Å². The highest BCUT2D eigenvalue weighted by atomic mass is 16.5. The van der Waals surface area contributed by atoms with Crippen molar-refractivity contribution in [3.8, 4) is 5.75 Å². The van der Waals surface area contributed by atoms with Crippen LogP contribution in [0.5, 0.6) is 5.75 Å². The van der Waals surface area contributed by atoms with Gasteiger partial charge in [-0.2, -0.15) is 5.10 Å². The summed E-state index contributed by atoms with van der Waals surface area (Å²) in [4.78, 5) is 2.40. The van der Waals surface area contributed by atoms with Crippen LogP contribution < -0.4 is 4.74 Å². The lowest BCUT2D eigenvalue weighted by molar-refractivity contribution is 0.258. The van der Waals surface area contributed by atoms with E-state index >= 15 is 0 Å². The van der Waals surface area contributed by atoms with Gasteiger partial charge in [0.05, 0.1) is 11.2 Å². The zero-order valence-electron chi connectivity index (χ0n) is 15.0. The Bertz CT molecular complexity index is 853. The lowest BCUT2D eigenvalue weighted by atomic mass is 10.1. The van der Waals surface area contributed by atoms with Gasteiger partial charge in [-0.1, -0.05) is 56.0 Å². The third-order valence-corrected chi connectivity index (χ3v) is 4.41. The molecule has 0 aliphatic rings. The van der Waals surface area contributed by atoms with Crippen LogP contribution in [0, 0.1) is 0 Å². The maximum absolute atomic E-state index is 5.80. The summed E-state index contributed by atoms with van der Waals surface area (Å²) in [5.74, 6) is 0.927. The van der Waals surface area contributed by atoms with Crippen LogP contribution in [0.4, 0.5) is 0 Å². The van der Waals surface area contributed by atoms with E-state index in [9.17, 15) is 0 Å². The Morgan fingerprint density at radius 3 is 2.68 bits per heavy atom. The van der Waals surface area contributed by atoms with Gasteiger partial charge < -0.3 is 4.74 Å². The number of benzene rings is 2. The Kier molecular flexibility index (Phi) is 5.51. The summed E-state index contributed by atoms with van der Waals surface area (Å²) in [6, 6.07) is 16.5. The highest BCUT2D eigenvalue weighted by Crippen LogP contribution is 2.23. The Morgan fingerprint density at radius 2 is 1.88 bits per heavy atom. The van der Waals surface area contributed by atoms with Crippen molar-refractivity contribution in [1.29, 1.82) is 0 Å². The Morgan fingerprint density at radius 1 is 1.12 bits per heavy atom. The SMILES string of the molecule is C=CCOc1ccccc1CN(CC)Cc1c2ccccc2nn1C. The second-order valence-electron chi connectivity index (χ2n) is 6.10. The topological polar surface area (TPSA) is 30.3 Å². The maximum Gasteiger partial charge on any atom is 0.124 e. The standard InChI is InChI=1S/C21H25N3O/c1-4-14-25-21-13-9-6-10-17(21)15-24(5-2)16-20-18-11-7-8-12-19(18)22-23(20)3/h4,6-13H,1,5,14-16H2,2-3H3. The lowest BCUT2D eigenvalue weighted by Crippen LogP contribution is -2.24. The van der Waals surface area contributed by atoms with Gasteiger partial charge in [-0.3, -0.25) is 9.58 Å². The number of hydrogen-bond acceptors (Lipinski definition) is 3. The molecule has 0 aliphatic carbocycles. The van der Waals surface area contributed by atoms with E-state index in [2.05, 4.69) is 53.8 Å². The number of rotatable bonds is 8. The monoisotopic (exact) mass is 335 g/mol. The average molecular weight is 335 g/mol. The van der Waals surface area contributed by atoms with Gasteiger partial charge in [0.1, 0.15) is 12.4 Å². The Hall–Kier alpha value is -2.59. The van der Waals surface area contributed by atoms with Gasteiger partial charge in [-0.15, -0.1) is 0 Å². The van der Waals surface area contributed by atoms with Crippen LogP contribution in [0.1, 0.15) is 18.2 Å². The molecule has 0 aliphatic heterocycles. The molecule has 3 rings (SSSR count). The lowest BCUT2D eigenvalue weighted by Gasteiger charge is -2.22. The average Bonchev–Trinajstić information content (AvgIpc) is 2.95. The first-order valence-corrected chi connectivity index (χ1v) is 8.67. The first kappa shape index (κ1) is 17.2. The number of para-hydroxylation sites is 1. The molecule has 0 bridgehead atoms. The van der Waals surface area contributed by atoms with E-state index in [1.165, 1.54) is 16.6 Å². The highest BCUT2D eigenvalue weighted by Gasteiger charge is 2.14. The van der Waals surface area contributed by atoms with E-state index in [4.69, 9.17) is 4.74 Å². The highest BCUT2D eigenvalue weighted by molar-refractivity contribution is 5.81. The second kappa shape index (κ2) is 7.99. The largest absolute Gasteiger partial charge is 0.489 e. The molecule has 0 amide bonds. The maximum atomic E-state index is 5.80. The van der Waals surface area contributed by atoms with Crippen LogP contribution in [-0.4, -0.2) is 27.8 Å². The molecule has 3 aromatic rings. The van der Waals surface area contributed by atoms with Gasteiger partial charge in [-0.05, 0) is 18.7 Å². The molecule has 2 aromatic carbocycles. The number of aromatic nitrogens is 2. The van der Waals surface area contributed by atoms with Crippen LogP contribution in [-0.2, 0) is 20.1 Å².